The molecule has 3 aromatic heterocycles. The Morgan fingerprint density at radius 2 is 2.14 bits per heavy atom. The molecule has 150 valence electrons. The highest BCUT2D eigenvalue weighted by molar-refractivity contribution is 7.98. The summed E-state index contributed by atoms with van der Waals surface area (Å²) < 4.78 is 7.58. The molecule has 0 unspecified atom stereocenters. The third-order valence-electron chi connectivity index (χ3n) is 4.06. The third kappa shape index (κ3) is 5.03. The zero-order valence-electron chi connectivity index (χ0n) is 15.6. The van der Waals surface area contributed by atoms with E-state index in [0.29, 0.717) is 22.5 Å². The topological polar surface area (TPSA) is 69.6 Å². The molecular weight excluding hydrogens is 446 g/mol. The summed E-state index contributed by atoms with van der Waals surface area (Å²) in [6.07, 6.45) is 3.18. The Morgan fingerprint density at radius 3 is 2.93 bits per heavy atom. The number of thiophene rings is 1. The van der Waals surface area contributed by atoms with Crippen molar-refractivity contribution in [3.8, 4) is 22.2 Å². The monoisotopic (exact) mass is 463 g/mol. The predicted octanol–water partition coefficient (Wildman–Crippen LogP) is 5.76. The average Bonchev–Trinajstić information content (AvgIpc) is 3.47. The van der Waals surface area contributed by atoms with Gasteiger partial charge in [0.2, 0.25) is 0 Å². The minimum Gasteiger partial charge on any atom is -0.334 e. The number of thioether (sulfide) groups is 2. The van der Waals surface area contributed by atoms with Crippen molar-refractivity contribution >= 4 is 46.5 Å². The smallest absolute Gasteiger partial charge is 0.258 e. The van der Waals surface area contributed by atoms with Crippen LogP contribution in [-0.2, 0) is 12.3 Å². The summed E-state index contributed by atoms with van der Waals surface area (Å²) >= 11 is 11.1. The maximum Gasteiger partial charge on any atom is 0.258 e. The largest absolute Gasteiger partial charge is 0.334 e. The van der Waals surface area contributed by atoms with E-state index in [2.05, 4.69) is 42.6 Å². The summed E-state index contributed by atoms with van der Waals surface area (Å²) in [6.45, 7) is 0.878. The molecule has 3 heterocycles. The fourth-order valence-electron chi connectivity index (χ4n) is 2.73. The number of aromatic nitrogens is 5. The highest BCUT2D eigenvalue weighted by Gasteiger charge is 2.17. The van der Waals surface area contributed by atoms with Crippen LogP contribution in [-0.4, -0.2) is 36.9 Å². The Hall–Kier alpha value is -1.81. The number of hydrogen-bond acceptors (Lipinski definition) is 8. The van der Waals surface area contributed by atoms with Crippen LogP contribution in [0.1, 0.15) is 12.2 Å². The molecule has 10 heteroatoms. The Bertz CT molecular complexity index is 1060. The van der Waals surface area contributed by atoms with Gasteiger partial charge in [-0.05, 0) is 48.1 Å². The lowest BCUT2D eigenvalue weighted by molar-refractivity contribution is 0.425. The average molecular weight is 464 g/mol. The van der Waals surface area contributed by atoms with Crippen molar-refractivity contribution in [2.75, 3.05) is 12.0 Å². The lowest BCUT2D eigenvalue weighted by Crippen LogP contribution is -2.03. The van der Waals surface area contributed by atoms with E-state index < -0.39 is 0 Å². The van der Waals surface area contributed by atoms with Crippen molar-refractivity contribution < 1.29 is 4.52 Å². The first-order valence-corrected chi connectivity index (χ1v) is 12.6. The second-order valence-corrected chi connectivity index (χ2v) is 9.41. The Morgan fingerprint density at radius 1 is 1.21 bits per heavy atom. The first-order chi connectivity index (χ1) is 14.2. The van der Waals surface area contributed by atoms with Gasteiger partial charge in [-0.3, -0.25) is 0 Å². The van der Waals surface area contributed by atoms with Crippen molar-refractivity contribution in [2.45, 2.75) is 23.9 Å². The number of nitrogens with zero attached hydrogens (tertiary/aromatic N) is 5. The summed E-state index contributed by atoms with van der Waals surface area (Å²) in [5, 5.41) is 16.5. The molecule has 0 aliphatic carbocycles. The van der Waals surface area contributed by atoms with Crippen LogP contribution in [0.25, 0.3) is 22.2 Å². The van der Waals surface area contributed by atoms with Gasteiger partial charge >= 0.3 is 0 Å². The zero-order chi connectivity index (χ0) is 20.1. The van der Waals surface area contributed by atoms with Crippen molar-refractivity contribution in [3.05, 3.63) is 52.6 Å². The van der Waals surface area contributed by atoms with Gasteiger partial charge in [-0.2, -0.15) is 16.7 Å². The van der Waals surface area contributed by atoms with Gasteiger partial charge in [0.25, 0.3) is 5.89 Å². The van der Waals surface area contributed by atoms with Gasteiger partial charge in [-0.15, -0.1) is 21.5 Å². The fraction of sp³-hybridized carbons (Fsp3) is 0.263. The maximum atomic E-state index is 6.04. The number of hydrogen-bond donors (Lipinski definition) is 0. The Kier molecular flexibility index (Phi) is 6.91. The van der Waals surface area contributed by atoms with E-state index in [9.17, 15) is 0 Å². The first kappa shape index (κ1) is 20.5. The summed E-state index contributed by atoms with van der Waals surface area (Å²) in [5.74, 6) is 3.64. The second-order valence-electron chi connectivity index (χ2n) is 6.10. The van der Waals surface area contributed by atoms with Gasteiger partial charge in [0.1, 0.15) is 0 Å². The lowest BCUT2D eigenvalue weighted by atomic mass is 10.2. The summed E-state index contributed by atoms with van der Waals surface area (Å²) in [5.41, 5.74) is 0.807. The fourth-order valence-corrected chi connectivity index (χ4v) is 4.87. The first-order valence-electron chi connectivity index (χ1n) is 8.92. The van der Waals surface area contributed by atoms with Crippen molar-refractivity contribution in [1.29, 1.82) is 0 Å². The highest BCUT2D eigenvalue weighted by Crippen LogP contribution is 2.29. The quantitative estimate of drug-likeness (QED) is 0.231. The van der Waals surface area contributed by atoms with Crippen LogP contribution >= 0.6 is 46.5 Å². The predicted molar refractivity (Wildman–Crippen MR) is 121 cm³/mol. The molecule has 0 aliphatic rings. The molecule has 0 amide bonds. The number of halogens is 1. The molecule has 0 saturated heterocycles. The van der Waals surface area contributed by atoms with E-state index in [0.717, 1.165) is 40.1 Å². The van der Waals surface area contributed by atoms with Crippen LogP contribution in [0.4, 0.5) is 0 Å². The number of benzene rings is 1. The molecule has 0 atom stereocenters. The van der Waals surface area contributed by atoms with Gasteiger partial charge in [0.05, 0.1) is 10.6 Å². The molecule has 1 aromatic carbocycles. The molecule has 4 aromatic rings. The Labute approximate surface area is 186 Å². The van der Waals surface area contributed by atoms with Crippen LogP contribution in [0, 0.1) is 0 Å². The molecule has 0 spiro atoms. The Balaban J connectivity index is 1.49. The molecule has 0 N–H and O–H groups in total. The summed E-state index contributed by atoms with van der Waals surface area (Å²) in [6, 6.07) is 11.5. The zero-order valence-corrected chi connectivity index (χ0v) is 18.8. The third-order valence-corrected chi connectivity index (χ3v) is 6.82. The molecule has 0 fully saturated rings. The van der Waals surface area contributed by atoms with E-state index in [1.807, 2.05) is 42.1 Å². The molecule has 6 nitrogen and oxygen atoms in total. The van der Waals surface area contributed by atoms with Gasteiger partial charge in [-0.25, -0.2) is 0 Å². The van der Waals surface area contributed by atoms with Gasteiger partial charge in [0.15, 0.2) is 16.8 Å². The second kappa shape index (κ2) is 9.80. The molecular formula is C19H18ClN5OS3. The van der Waals surface area contributed by atoms with Gasteiger partial charge in [0, 0.05) is 17.1 Å². The van der Waals surface area contributed by atoms with Crippen molar-refractivity contribution in [3.63, 3.8) is 0 Å². The van der Waals surface area contributed by atoms with Crippen molar-refractivity contribution in [2.24, 2.45) is 0 Å². The molecule has 4 rings (SSSR count). The van der Waals surface area contributed by atoms with Crippen LogP contribution in [0.3, 0.4) is 0 Å². The molecule has 0 bridgehead atoms. The van der Waals surface area contributed by atoms with E-state index in [1.165, 1.54) is 0 Å². The van der Waals surface area contributed by atoms with Crippen LogP contribution in [0.5, 0.6) is 0 Å². The molecule has 0 aliphatic heterocycles. The van der Waals surface area contributed by atoms with E-state index in [1.54, 1.807) is 23.1 Å². The van der Waals surface area contributed by atoms with E-state index >= 15 is 0 Å². The number of rotatable bonds is 9. The minimum absolute atomic E-state index is 0.462. The normalized spacial score (nSPS) is 11.2. The van der Waals surface area contributed by atoms with E-state index in [4.69, 9.17) is 16.1 Å². The molecule has 29 heavy (non-hydrogen) atoms. The van der Waals surface area contributed by atoms with Crippen LogP contribution < -0.4 is 0 Å². The molecule has 0 radical (unpaired) electrons. The standard InChI is InChI=1S/C19H18ClN5OS3/c1-27-9-4-8-25-17(15-7-3-10-28-15)22-23-19(25)29-12-16-21-18(26-24-16)13-5-2-6-14(20)11-13/h2-3,5-7,10-11H,4,8-9,12H2,1H3. The van der Waals surface area contributed by atoms with Crippen molar-refractivity contribution in [1.82, 2.24) is 24.9 Å². The highest BCUT2D eigenvalue weighted by atomic mass is 35.5. The summed E-state index contributed by atoms with van der Waals surface area (Å²) in [4.78, 5) is 5.60. The minimum atomic E-state index is 0.462. The van der Waals surface area contributed by atoms with Crippen LogP contribution in [0.2, 0.25) is 5.02 Å². The van der Waals surface area contributed by atoms with Crippen LogP contribution in [0.15, 0.2) is 51.5 Å². The molecule has 0 saturated carbocycles. The van der Waals surface area contributed by atoms with Gasteiger partial charge in [-0.1, -0.05) is 40.7 Å². The summed E-state index contributed by atoms with van der Waals surface area (Å²) in [7, 11) is 0. The SMILES string of the molecule is CSCCCn1c(SCc2noc(-c3cccc(Cl)c3)n2)nnc1-c1cccs1. The lowest BCUT2D eigenvalue weighted by Gasteiger charge is -2.08. The van der Waals surface area contributed by atoms with Gasteiger partial charge < -0.3 is 9.09 Å². The maximum absolute atomic E-state index is 6.04. The van der Waals surface area contributed by atoms with E-state index in [-0.39, 0.29) is 0 Å².